The smallest absolute Gasteiger partial charge is 0.290 e. The Balaban J connectivity index is 2.63. The maximum absolute atomic E-state index is 12.7. The third-order valence-corrected chi connectivity index (χ3v) is 4.75. The Bertz CT molecular complexity index is 931. The summed E-state index contributed by atoms with van der Waals surface area (Å²) in [6, 6.07) is 8.26. The van der Waals surface area contributed by atoms with Crippen LogP contribution < -0.4 is 11.2 Å². The summed E-state index contributed by atoms with van der Waals surface area (Å²) in [5.74, 6) is 5.13. The van der Waals surface area contributed by atoms with Gasteiger partial charge in [0, 0.05) is 19.0 Å². The molecule has 0 spiro atoms. The first-order valence-corrected chi connectivity index (χ1v) is 8.67. The van der Waals surface area contributed by atoms with Crippen molar-refractivity contribution in [1.29, 1.82) is 0 Å². The van der Waals surface area contributed by atoms with Crippen LogP contribution in [0.3, 0.4) is 0 Å². The van der Waals surface area contributed by atoms with Gasteiger partial charge in [-0.3, -0.25) is 14.2 Å². The molecular weight excluding hydrogens is 419 g/mol. The summed E-state index contributed by atoms with van der Waals surface area (Å²) in [4.78, 5) is 37.6. The fourth-order valence-electron chi connectivity index (χ4n) is 2.10. The minimum absolute atomic E-state index is 0.179. The summed E-state index contributed by atoms with van der Waals surface area (Å²) in [6.07, 6.45) is 2.61. The van der Waals surface area contributed by atoms with Crippen LogP contribution in [0.2, 0.25) is 0 Å². The molecule has 1 aromatic heterocycles. The summed E-state index contributed by atoms with van der Waals surface area (Å²) in [7, 11) is 1.52. The molecule has 124 valence electrons. The van der Waals surface area contributed by atoms with Gasteiger partial charge in [-0.25, -0.2) is 4.79 Å². The number of carbonyl (C=O) groups excluding carboxylic acids is 1. The second-order valence-electron chi connectivity index (χ2n) is 5.22. The van der Waals surface area contributed by atoms with Gasteiger partial charge in [0.05, 0.1) is 0 Å². The van der Waals surface area contributed by atoms with Crippen LogP contribution in [0.4, 0.5) is 0 Å². The summed E-state index contributed by atoms with van der Waals surface area (Å²) in [6.45, 7) is 2.06. The maximum atomic E-state index is 12.7. The first-order valence-electron chi connectivity index (χ1n) is 7.59. The Morgan fingerprint density at radius 2 is 1.88 bits per heavy atom. The lowest BCUT2D eigenvalue weighted by Crippen LogP contribution is -2.45. The maximum Gasteiger partial charge on any atom is 0.338 e. The molecule has 0 aliphatic heterocycles. The number of halogens is 1. The highest BCUT2D eigenvalue weighted by Crippen LogP contribution is 2.06. The van der Waals surface area contributed by atoms with Crippen molar-refractivity contribution in [3.8, 4) is 11.8 Å². The minimum atomic E-state index is -0.669. The van der Waals surface area contributed by atoms with E-state index in [1.165, 1.54) is 11.6 Å². The molecule has 0 bridgehead atoms. The van der Waals surface area contributed by atoms with Crippen molar-refractivity contribution in [1.82, 2.24) is 9.13 Å². The third kappa shape index (κ3) is 3.67. The van der Waals surface area contributed by atoms with E-state index in [1.807, 2.05) is 22.6 Å². The lowest BCUT2D eigenvalue weighted by molar-refractivity contribution is 0.0948. The molecule has 6 heteroatoms. The zero-order valence-electron chi connectivity index (χ0n) is 13.5. The van der Waals surface area contributed by atoms with Crippen LogP contribution in [0, 0.1) is 15.5 Å². The normalized spacial score (nSPS) is 10.1. The highest BCUT2D eigenvalue weighted by atomic mass is 127. The lowest BCUT2D eigenvalue weighted by Gasteiger charge is -2.09. The van der Waals surface area contributed by atoms with E-state index < -0.39 is 17.2 Å². The molecule has 1 heterocycles. The number of benzene rings is 1. The Morgan fingerprint density at radius 3 is 2.50 bits per heavy atom. The number of aromatic nitrogens is 2. The first-order chi connectivity index (χ1) is 11.5. The highest BCUT2D eigenvalue weighted by molar-refractivity contribution is 14.1. The van der Waals surface area contributed by atoms with E-state index in [0.29, 0.717) is 14.7 Å². The van der Waals surface area contributed by atoms with Crippen LogP contribution in [0.25, 0.3) is 0 Å². The zero-order chi connectivity index (χ0) is 17.7. The van der Waals surface area contributed by atoms with E-state index in [-0.39, 0.29) is 11.1 Å². The largest absolute Gasteiger partial charge is 0.338 e. The summed E-state index contributed by atoms with van der Waals surface area (Å²) in [5, 5.41) is 0. The van der Waals surface area contributed by atoms with Gasteiger partial charge >= 0.3 is 5.69 Å². The van der Waals surface area contributed by atoms with Crippen molar-refractivity contribution in [2.24, 2.45) is 7.05 Å². The van der Waals surface area contributed by atoms with Crippen molar-refractivity contribution in [3.05, 3.63) is 66.0 Å². The predicted molar refractivity (Wildman–Crippen MR) is 101 cm³/mol. The molecule has 2 aromatic rings. The average molecular weight is 436 g/mol. The van der Waals surface area contributed by atoms with Gasteiger partial charge < -0.3 is 0 Å². The van der Waals surface area contributed by atoms with Gasteiger partial charge in [-0.1, -0.05) is 43.4 Å². The molecule has 0 radical (unpaired) electrons. The number of hydrogen-bond acceptors (Lipinski definition) is 3. The predicted octanol–water partition coefficient (Wildman–Crippen LogP) is 2.38. The molecule has 0 aliphatic rings. The molecule has 0 atom stereocenters. The molecule has 0 saturated carbocycles. The Hall–Kier alpha value is -2.14. The molecular formula is C18H17IN2O3. The molecule has 0 amide bonds. The zero-order valence-corrected chi connectivity index (χ0v) is 15.7. The van der Waals surface area contributed by atoms with E-state index in [2.05, 4.69) is 18.8 Å². The average Bonchev–Trinajstić information content (AvgIpc) is 2.60. The van der Waals surface area contributed by atoms with Crippen LogP contribution >= 0.6 is 22.6 Å². The lowest BCUT2D eigenvalue weighted by atomic mass is 10.2. The molecule has 0 fully saturated rings. The fraction of sp³-hybridized carbons (Fsp3) is 0.278. The highest BCUT2D eigenvalue weighted by Gasteiger charge is 2.20. The monoisotopic (exact) mass is 436 g/mol. The molecule has 0 unspecified atom stereocenters. The van der Waals surface area contributed by atoms with E-state index in [0.717, 1.165) is 12.8 Å². The number of rotatable bonds is 3. The number of nitrogens with zero attached hydrogens (tertiary/aromatic N) is 2. The minimum Gasteiger partial charge on any atom is -0.290 e. The molecule has 24 heavy (non-hydrogen) atoms. The van der Waals surface area contributed by atoms with Crippen LogP contribution in [-0.2, 0) is 7.05 Å². The Kier molecular flexibility index (Phi) is 6.15. The van der Waals surface area contributed by atoms with Crippen LogP contribution in [-0.4, -0.2) is 15.0 Å². The van der Waals surface area contributed by atoms with Gasteiger partial charge in [0.1, 0.15) is 9.26 Å². The van der Waals surface area contributed by atoms with Crippen LogP contribution in [0.1, 0.15) is 42.1 Å². The van der Waals surface area contributed by atoms with Gasteiger partial charge in [-0.2, -0.15) is 4.57 Å². The second kappa shape index (κ2) is 8.11. The summed E-state index contributed by atoms with van der Waals surface area (Å²) < 4.78 is 2.36. The van der Waals surface area contributed by atoms with Gasteiger partial charge in [0.2, 0.25) is 0 Å². The van der Waals surface area contributed by atoms with Crippen LogP contribution in [0.5, 0.6) is 0 Å². The second-order valence-corrected chi connectivity index (χ2v) is 6.25. The number of unbranched alkanes of at least 4 members (excludes halogenated alkanes) is 2. The van der Waals surface area contributed by atoms with Crippen molar-refractivity contribution in [3.63, 3.8) is 0 Å². The van der Waals surface area contributed by atoms with E-state index in [1.54, 1.807) is 30.3 Å². The van der Waals surface area contributed by atoms with E-state index >= 15 is 0 Å². The van der Waals surface area contributed by atoms with Crippen LogP contribution in [0.15, 0.2) is 39.9 Å². The number of hydrogen-bond donors (Lipinski definition) is 0. The fourth-order valence-corrected chi connectivity index (χ4v) is 2.67. The van der Waals surface area contributed by atoms with Crippen molar-refractivity contribution < 1.29 is 4.79 Å². The molecule has 0 aliphatic carbocycles. The molecule has 0 N–H and O–H groups in total. The quantitative estimate of drug-likeness (QED) is 0.321. The van der Waals surface area contributed by atoms with Crippen molar-refractivity contribution >= 4 is 28.5 Å². The van der Waals surface area contributed by atoms with Gasteiger partial charge in [0.25, 0.3) is 11.5 Å². The van der Waals surface area contributed by atoms with E-state index in [4.69, 9.17) is 0 Å². The SMILES string of the molecule is CCCCC#Cc1c(I)n(C)c(=O)n(C(=O)c2ccccc2)c1=O. The van der Waals surface area contributed by atoms with Crippen molar-refractivity contribution in [2.75, 3.05) is 0 Å². The van der Waals surface area contributed by atoms with Gasteiger partial charge in [-0.05, 0) is 41.1 Å². The Labute approximate surface area is 153 Å². The van der Waals surface area contributed by atoms with Crippen molar-refractivity contribution in [2.45, 2.75) is 26.2 Å². The topological polar surface area (TPSA) is 61.1 Å². The summed E-state index contributed by atoms with van der Waals surface area (Å²) >= 11 is 1.91. The third-order valence-electron chi connectivity index (χ3n) is 3.49. The molecule has 5 nitrogen and oxygen atoms in total. The molecule has 0 saturated heterocycles. The molecule has 2 rings (SSSR count). The van der Waals surface area contributed by atoms with Gasteiger partial charge in [-0.15, -0.1) is 0 Å². The summed E-state index contributed by atoms with van der Waals surface area (Å²) in [5.41, 5.74) is -0.876. The number of carbonyl (C=O) groups is 1. The van der Waals surface area contributed by atoms with E-state index in [9.17, 15) is 14.4 Å². The van der Waals surface area contributed by atoms with Gasteiger partial charge in [0.15, 0.2) is 0 Å². The first kappa shape index (κ1) is 18.2. The standard InChI is InChI=1S/C18H17IN2O3/c1-3-4-5-9-12-14-15(19)20(2)18(24)21(17(14)23)16(22)13-10-7-6-8-11-13/h6-8,10-11H,3-5H2,1-2H3. The Morgan fingerprint density at radius 1 is 1.21 bits per heavy atom. The molecule has 1 aromatic carbocycles.